The second-order valence-electron chi connectivity index (χ2n) is 6.73. The van der Waals surface area contributed by atoms with Gasteiger partial charge < -0.3 is 14.8 Å². The number of carbonyl (C=O) groups is 2. The molecule has 2 aromatic carbocycles. The Labute approximate surface area is 183 Å². The average molecular weight is 429 g/mol. The van der Waals surface area contributed by atoms with Crippen molar-refractivity contribution >= 4 is 34.9 Å². The monoisotopic (exact) mass is 428 g/mol. The van der Waals surface area contributed by atoms with E-state index in [9.17, 15) is 9.59 Å². The van der Waals surface area contributed by atoms with E-state index in [1.54, 1.807) is 48.5 Å². The van der Waals surface area contributed by atoms with E-state index in [0.717, 1.165) is 18.6 Å². The molecule has 0 saturated heterocycles. The number of amides is 1. The molecule has 0 aromatic heterocycles. The van der Waals surface area contributed by atoms with Gasteiger partial charge in [0, 0.05) is 5.56 Å². The van der Waals surface area contributed by atoms with Gasteiger partial charge in [-0.15, -0.1) is 0 Å². The molecule has 160 valence electrons. The molecule has 0 aliphatic carbocycles. The SMILES string of the molecule is CCCCCCCOc1ccc(C(=O)NC(=S)Nc2ccccc2C(=O)OC)cc1. The molecule has 2 aromatic rings. The molecule has 2 rings (SSSR count). The highest BCUT2D eigenvalue weighted by molar-refractivity contribution is 7.80. The Balaban J connectivity index is 1.84. The maximum atomic E-state index is 12.4. The first-order valence-corrected chi connectivity index (χ1v) is 10.5. The quantitative estimate of drug-likeness (QED) is 0.317. The van der Waals surface area contributed by atoms with Gasteiger partial charge in [-0.25, -0.2) is 4.79 Å². The molecule has 30 heavy (non-hydrogen) atoms. The summed E-state index contributed by atoms with van der Waals surface area (Å²) < 4.78 is 10.5. The third-order valence-electron chi connectivity index (χ3n) is 4.44. The molecular weight excluding hydrogens is 400 g/mol. The fraction of sp³-hybridized carbons (Fsp3) is 0.348. The number of hydrogen-bond acceptors (Lipinski definition) is 5. The van der Waals surface area contributed by atoms with Crippen molar-refractivity contribution in [3.8, 4) is 5.75 Å². The van der Waals surface area contributed by atoms with Crippen LogP contribution < -0.4 is 15.4 Å². The second-order valence-corrected chi connectivity index (χ2v) is 7.14. The van der Waals surface area contributed by atoms with Gasteiger partial charge in [-0.1, -0.05) is 44.7 Å². The standard InChI is InChI=1S/C23H28N2O4S/c1-3-4-5-6-9-16-29-18-14-12-17(13-15-18)21(26)25-23(30)24-20-11-8-7-10-19(20)22(27)28-2/h7-8,10-15H,3-6,9,16H2,1-2H3,(H2,24,25,26,30). The van der Waals surface area contributed by atoms with Crippen molar-refractivity contribution in [2.24, 2.45) is 0 Å². The third-order valence-corrected chi connectivity index (χ3v) is 4.64. The van der Waals surface area contributed by atoms with Crippen LogP contribution in [0.15, 0.2) is 48.5 Å². The normalized spacial score (nSPS) is 10.2. The van der Waals surface area contributed by atoms with Crippen LogP contribution in [0.25, 0.3) is 0 Å². The summed E-state index contributed by atoms with van der Waals surface area (Å²) in [7, 11) is 1.30. The summed E-state index contributed by atoms with van der Waals surface area (Å²) in [6, 6.07) is 13.7. The summed E-state index contributed by atoms with van der Waals surface area (Å²) in [5.74, 6) is -0.114. The largest absolute Gasteiger partial charge is 0.494 e. The van der Waals surface area contributed by atoms with Crippen LogP contribution in [0.5, 0.6) is 5.75 Å². The number of anilines is 1. The number of carbonyl (C=O) groups excluding carboxylic acids is 2. The number of rotatable bonds is 10. The van der Waals surface area contributed by atoms with Crippen molar-refractivity contribution in [3.63, 3.8) is 0 Å². The number of nitrogens with one attached hydrogen (secondary N) is 2. The van der Waals surface area contributed by atoms with E-state index in [-0.39, 0.29) is 11.0 Å². The van der Waals surface area contributed by atoms with Crippen molar-refractivity contribution in [2.45, 2.75) is 39.0 Å². The van der Waals surface area contributed by atoms with Crippen LogP contribution in [0, 0.1) is 0 Å². The van der Waals surface area contributed by atoms with Gasteiger partial charge in [0.2, 0.25) is 0 Å². The maximum Gasteiger partial charge on any atom is 0.339 e. The number of unbranched alkanes of at least 4 members (excludes halogenated alkanes) is 4. The Morgan fingerprint density at radius 1 is 0.967 bits per heavy atom. The van der Waals surface area contributed by atoms with Crippen LogP contribution in [0.2, 0.25) is 0 Å². The molecule has 0 aliphatic rings. The third kappa shape index (κ3) is 7.48. The predicted octanol–water partition coefficient (Wildman–Crippen LogP) is 4.95. The molecule has 2 N–H and O–H groups in total. The number of ether oxygens (including phenoxy) is 2. The van der Waals surface area contributed by atoms with Gasteiger partial charge in [0.1, 0.15) is 5.75 Å². The molecule has 0 saturated carbocycles. The topological polar surface area (TPSA) is 76.7 Å². The number of thiocarbonyl (C=S) groups is 1. The molecule has 0 unspecified atom stereocenters. The highest BCUT2D eigenvalue weighted by atomic mass is 32.1. The van der Waals surface area contributed by atoms with Gasteiger partial charge in [0.25, 0.3) is 5.91 Å². The van der Waals surface area contributed by atoms with Crippen LogP contribution >= 0.6 is 12.2 Å². The van der Waals surface area contributed by atoms with E-state index >= 15 is 0 Å². The first-order chi connectivity index (χ1) is 14.5. The predicted molar refractivity (Wildman–Crippen MR) is 122 cm³/mol. The highest BCUT2D eigenvalue weighted by Gasteiger charge is 2.13. The summed E-state index contributed by atoms with van der Waals surface area (Å²) in [4.78, 5) is 24.2. The number of benzene rings is 2. The van der Waals surface area contributed by atoms with E-state index in [1.165, 1.54) is 26.4 Å². The fourth-order valence-electron chi connectivity index (χ4n) is 2.81. The van der Waals surface area contributed by atoms with Gasteiger partial charge >= 0.3 is 5.97 Å². The molecule has 0 aliphatic heterocycles. The van der Waals surface area contributed by atoms with E-state index in [2.05, 4.69) is 17.6 Å². The lowest BCUT2D eigenvalue weighted by Crippen LogP contribution is -2.34. The molecule has 0 heterocycles. The van der Waals surface area contributed by atoms with Gasteiger partial charge in [-0.05, 0) is 55.0 Å². The minimum atomic E-state index is -0.492. The van der Waals surface area contributed by atoms with Crippen molar-refractivity contribution in [1.82, 2.24) is 5.32 Å². The minimum absolute atomic E-state index is 0.0868. The summed E-state index contributed by atoms with van der Waals surface area (Å²) in [5.41, 5.74) is 1.24. The Morgan fingerprint density at radius 3 is 2.37 bits per heavy atom. The molecule has 0 fully saturated rings. The average Bonchev–Trinajstić information content (AvgIpc) is 2.76. The maximum absolute atomic E-state index is 12.4. The zero-order valence-electron chi connectivity index (χ0n) is 17.4. The Bertz CT molecular complexity index is 853. The van der Waals surface area contributed by atoms with Gasteiger partial charge in [-0.3, -0.25) is 10.1 Å². The van der Waals surface area contributed by atoms with Crippen LogP contribution in [0.4, 0.5) is 5.69 Å². The number of hydrogen-bond donors (Lipinski definition) is 2. The van der Waals surface area contributed by atoms with Crippen LogP contribution in [-0.4, -0.2) is 30.7 Å². The van der Waals surface area contributed by atoms with Crippen molar-refractivity contribution in [1.29, 1.82) is 0 Å². The fourth-order valence-corrected chi connectivity index (χ4v) is 3.01. The first-order valence-electron chi connectivity index (χ1n) is 10.1. The first kappa shape index (κ1) is 23.3. The molecule has 0 spiro atoms. The Hall–Kier alpha value is -2.93. The molecule has 0 bridgehead atoms. The van der Waals surface area contributed by atoms with Crippen LogP contribution in [0.3, 0.4) is 0 Å². The number of methoxy groups -OCH3 is 1. The summed E-state index contributed by atoms with van der Waals surface area (Å²) >= 11 is 5.20. The van der Waals surface area contributed by atoms with Crippen molar-refractivity contribution in [2.75, 3.05) is 19.0 Å². The second kappa shape index (κ2) is 12.6. The molecular formula is C23H28N2O4S. The zero-order chi connectivity index (χ0) is 21.8. The Morgan fingerprint density at radius 2 is 1.67 bits per heavy atom. The van der Waals surface area contributed by atoms with Crippen LogP contribution in [0.1, 0.15) is 59.7 Å². The van der Waals surface area contributed by atoms with Gasteiger partial charge in [0.15, 0.2) is 5.11 Å². The minimum Gasteiger partial charge on any atom is -0.494 e. The molecule has 7 heteroatoms. The molecule has 0 radical (unpaired) electrons. The summed E-state index contributed by atoms with van der Waals surface area (Å²) in [5, 5.41) is 5.56. The number of esters is 1. The molecule has 1 amide bonds. The summed E-state index contributed by atoms with van der Waals surface area (Å²) in [6.07, 6.45) is 5.90. The van der Waals surface area contributed by atoms with E-state index in [1.807, 2.05) is 0 Å². The zero-order valence-corrected chi connectivity index (χ0v) is 18.2. The highest BCUT2D eigenvalue weighted by Crippen LogP contribution is 2.16. The molecule has 0 atom stereocenters. The lowest BCUT2D eigenvalue weighted by molar-refractivity contribution is 0.0602. The lowest BCUT2D eigenvalue weighted by Gasteiger charge is -2.12. The molecule has 6 nitrogen and oxygen atoms in total. The van der Waals surface area contributed by atoms with Crippen molar-refractivity contribution in [3.05, 3.63) is 59.7 Å². The van der Waals surface area contributed by atoms with Crippen molar-refractivity contribution < 1.29 is 19.1 Å². The summed E-state index contributed by atoms with van der Waals surface area (Å²) in [6.45, 7) is 2.86. The van der Waals surface area contributed by atoms with E-state index in [4.69, 9.17) is 21.7 Å². The van der Waals surface area contributed by atoms with Crippen LogP contribution in [-0.2, 0) is 4.74 Å². The van der Waals surface area contributed by atoms with Gasteiger partial charge in [-0.2, -0.15) is 0 Å². The van der Waals surface area contributed by atoms with Gasteiger partial charge in [0.05, 0.1) is 25.0 Å². The van der Waals surface area contributed by atoms with E-state index < -0.39 is 5.97 Å². The Kier molecular flexibility index (Phi) is 9.80. The lowest BCUT2D eigenvalue weighted by atomic mass is 10.2. The number of para-hydroxylation sites is 1. The van der Waals surface area contributed by atoms with E-state index in [0.29, 0.717) is 23.4 Å². The smallest absolute Gasteiger partial charge is 0.339 e.